The van der Waals surface area contributed by atoms with Crippen LogP contribution in [-0.2, 0) is 21.2 Å². The van der Waals surface area contributed by atoms with Crippen LogP contribution in [0.25, 0.3) is 0 Å². The van der Waals surface area contributed by atoms with Crippen LogP contribution in [0.3, 0.4) is 0 Å². The number of aliphatic imine (C=N–C) groups is 1. The van der Waals surface area contributed by atoms with Crippen molar-refractivity contribution in [1.29, 1.82) is 0 Å². The van der Waals surface area contributed by atoms with Crippen LogP contribution in [0, 0.1) is 12.8 Å². The molecule has 1 aliphatic carbocycles. The Labute approximate surface area is 185 Å². The lowest BCUT2D eigenvalue weighted by atomic mass is 9.85. The molecule has 0 aromatic heterocycles. The fourth-order valence-corrected chi connectivity index (χ4v) is 3.92. The number of halogens is 1. The molecule has 2 rings (SSSR count). The lowest BCUT2D eigenvalue weighted by Crippen LogP contribution is -2.39. The molecule has 0 aliphatic heterocycles. The first-order valence-electron chi connectivity index (χ1n) is 9.33. The summed E-state index contributed by atoms with van der Waals surface area (Å²) in [6.45, 7) is 3.70. The molecule has 9 heteroatoms. The van der Waals surface area contributed by atoms with Crippen molar-refractivity contribution in [2.75, 3.05) is 26.4 Å². The summed E-state index contributed by atoms with van der Waals surface area (Å²) in [7, 11) is -1.50. The van der Waals surface area contributed by atoms with Crippen molar-refractivity contribution >= 4 is 45.7 Å². The van der Waals surface area contributed by atoms with Crippen molar-refractivity contribution in [3.05, 3.63) is 29.3 Å². The van der Waals surface area contributed by atoms with Gasteiger partial charge in [-0.3, -0.25) is 9.79 Å². The van der Waals surface area contributed by atoms with E-state index in [0.717, 1.165) is 36.8 Å². The fourth-order valence-electron chi connectivity index (χ4n) is 2.97. The van der Waals surface area contributed by atoms with Crippen LogP contribution in [-0.4, -0.2) is 46.7 Å². The number of hydrogen-bond donors (Lipinski definition) is 3. The van der Waals surface area contributed by atoms with Crippen LogP contribution in [0.1, 0.15) is 36.8 Å². The standard InChI is InChI=1S/C19H30N4O3S.HI/c1-14-12-15(8-9-17(14)27(3,25)26)13-23-19(20-2)22-11-5-10-21-18(24)16-6-4-7-16;/h8-9,12,16H,4-7,10-11,13H2,1-3H3,(H,21,24)(H2,20,22,23);1H. The molecule has 7 nitrogen and oxygen atoms in total. The van der Waals surface area contributed by atoms with Crippen molar-refractivity contribution in [3.63, 3.8) is 0 Å². The van der Waals surface area contributed by atoms with Gasteiger partial charge in [-0.05, 0) is 43.4 Å². The van der Waals surface area contributed by atoms with E-state index in [1.54, 1.807) is 26.1 Å². The van der Waals surface area contributed by atoms with Gasteiger partial charge in [0.25, 0.3) is 0 Å². The van der Waals surface area contributed by atoms with E-state index in [1.807, 2.05) is 6.07 Å². The molecule has 0 atom stereocenters. The second-order valence-corrected chi connectivity index (χ2v) is 8.98. The summed E-state index contributed by atoms with van der Waals surface area (Å²) in [5.74, 6) is 1.08. The maximum absolute atomic E-state index is 11.7. The normalized spacial score (nSPS) is 14.6. The zero-order valence-corrected chi connectivity index (χ0v) is 19.9. The summed E-state index contributed by atoms with van der Waals surface area (Å²) < 4.78 is 23.4. The highest BCUT2D eigenvalue weighted by atomic mass is 127. The number of aryl methyl sites for hydroxylation is 1. The monoisotopic (exact) mass is 522 g/mol. The van der Waals surface area contributed by atoms with Gasteiger partial charge >= 0.3 is 0 Å². The van der Waals surface area contributed by atoms with Gasteiger partial charge in [0.2, 0.25) is 5.91 Å². The Bertz CT molecular complexity index is 792. The van der Waals surface area contributed by atoms with Crippen molar-refractivity contribution < 1.29 is 13.2 Å². The molecule has 3 N–H and O–H groups in total. The van der Waals surface area contributed by atoms with Gasteiger partial charge in [-0.2, -0.15) is 0 Å². The van der Waals surface area contributed by atoms with Crippen LogP contribution in [0.4, 0.5) is 0 Å². The number of nitrogens with one attached hydrogen (secondary N) is 3. The molecular formula is C19H31IN4O3S. The molecule has 28 heavy (non-hydrogen) atoms. The minimum absolute atomic E-state index is 0. The van der Waals surface area contributed by atoms with Crippen molar-refractivity contribution in [3.8, 4) is 0 Å². The lowest BCUT2D eigenvalue weighted by molar-refractivity contribution is -0.127. The van der Waals surface area contributed by atoms with Crippen LogP contribution >= 0.6 is 24.0 Å². The Morgan fingerprint density at radius 3 is 2.39 bits per heavy atom. The quantitative estimate of drug-likeness (QED) is 0.210. The van der Waals surface area contributed by atoms with Gasteiger partial charge in [0.15, 0.2) is 15.8 Å². The maximum atomic E-state index is 11.7. The van der Waals surface area contributed by atoms with E-state index < -0.39 is 9.84 Å². The molecule has 0 unspecified atom stereocenters. The first-order valence-corrected chi connectivity index (χ1v) is 11.2. The van der Waals surface area contributed by atoms with Crippen molar-refractivity contribution in [1.82, 2.24) is 16.0 Å². The molecule has 0 saturated heterocycles. The van der Waals surface area contributed by atoms with E-state index in [0.29, 0.717) is 30.5 Å². The molecule has 1 aliphatic rings. The largest absolute Gasteiger partial charge is 0.356 e. The number of rotatable bonds is 8. The van der Waals surface area contributed by atoms with Gasteiger partial charge in [-0.1, -0.05) is 18.6 Å². The topological polar surface area (TPSA) is 99.7 Å². The molecule has 1 saturated carbocycles. The van der Waals surface area contributed by atoms with Gasteiger partial charge < -0.3 is 16.0 Å². The first-order chi connectivity index (χ1) is 12.8. The molecule has 0 radical (unpaired) electrons. The predicted molar refractivity (Wildman–Crippen MR) is 123 cm³/mol. The van der Waals surface area contributed by atoms with Gasteiger partial charge in [0.05, 0.1) is 4.90 Å². The number of guanidine groups is 1. The van der Waals surface area contributed by atoms with E-state index in [2.05, 4.69) is 20.9 Å². The highest BCUT2D eigenvalue weighted by Gasteiger charge is 2.24. The number of carbonyl (C=O) groups excluding carboxylic acids is 1. The predicted octanol–water partition coefficient (Wildman–Crippen LogP) is 1.99. The third-order valence-electron chi connectivity index (χ3n) is 4.74. The third-order valence-corrected chi connectivity index (χ3v) is 6.00. The average Bonchev–Trinajstić information content (AvgIpc) is 2.54. The van der Waals surface area contributed by atoms with Gasteiger partial charge in [0.1, 0.15) is 0 Å². The molecule has 0 heterocycles. The third kappa shape index (κ3) is 7.57. The second kappa shape index (κ2) is 11.6. The highest BCUT2D eigenvalue weighted by Crippen LogP contribution is 2.26. The number of benzene rings is 1. The van der Waals surface area contributed by atoms with E-state index in [4.69, 9.17) is 0 Å². The van der Waals surface area contributed by atoms with Gasteiger partial charge in [-0.15, -0.1) is 24.0 Å². The molecular weight excluding hydrogens is 491 g/mol. The van der Waals surface area contributed by atoms with E-state index in [-0.39, 0.29) is 35.8 Å². The van der Waals surface area contributed by atoms with Gasteiger partial charge in [-0.25, -0.2) is 8.42 Å². The Hall–Kier alpha value is -1.36. The Balaban J connectivity index is 0.00000392. The summed E-state index contributed by atoms with van der Waals surface area (Å²) in [6, 6.07) is 5.31. The maximum Gasteiger partial charge on any atom is 0.223 e. The molecule has 1 aromatic carbocycles. The summed E-state index contributed by atoms with van der Waals surface area (Å²) in [5, 5.41) is 9.39. The van der Waals surface area contributed by atoms with Crippen molar-refractivity contribution in [2.45, 2.75) is 44.0 Å². The van der Waals surface area contributed by atoms with Crippen LogP contribution in [0.15, 0.2) is 28.1 Å². The van der Waals surface area contributed by atoms with Crippen molar-refractivity contribution in [2.24, 2.45) is 10.9 Å². The summed E-state index contributed by atoms with van der Waals surface area (Å²) in [6.07, 6.45) is 5.24. The molecule has 0 spiro atoms. The number of carbonyl (C=O) groups is 1. The zero-order chi connectivity index (χ0) is 19.9. The number of hydrogen-bond acceptors (Lipinski definition) is 4. The van der Waals surface area contributed by atoms with Crippen LogP contribution < -0.4 is 16.0 Å². The lowest BCUT2D eigenvalue weighted by Gasteiger charge is -2.24. The molecule has 0 bridgehead atoms. The highest BCUT2D eigenvalue weighted by molar-refractivity contribution is 14.0. The molecule has 1 fully saturated rings. The van der Waals surface area contributed by atoms with Crippen LogP contribution in [0.5, 0.6) is 0 Å². The number of amides is 1. The first kappa shape index (κ1) is 24.7. The summed E-state index contributed by atoms with van der Waals surface area (Å²) in [4.78, 5) is 16.3. The smallest absolute Gasteiger partial charge is 0.223 e. The van der Waals surface area contributed by atoms with E-state index in [1.165, 1.54) is 6.26 Å². The van der Waals surface area contributed by atoms with E-state index in [9.17, 15) is 13.2 Å². The van der Waals surface area contributed by atoms with E-state index >= 15 is 0 Å². The average molecular weight is 522 g/mol. The SMILES string of the molecule is CN=C(NCCCNC(=O)C1CCC1)NCc1ccc(S(C)(=O)=O)c(C)c1.I. The summed E-state index contributed by atoms with van der Waals surface area (Å²) >= 11 is 0. The Kier molecular flexibility index (Phi) is 10.2. The number of nitrogens with zero attached hydrogens (tertiary/aromatic N) is 1. The minimum Gasteiger partial charge on any atom is -0.356 e. The molecule has 158 valence electrons. The Morgan fingerprint density at radius 2 is 1.86 bits per heavy atom. The summed E-state index contributed by atoms with van der Waals surface area (Å²) in [5.41, 5.74) is 1.72. The second-order valence-electron chi connectivity index (χ2n) is 7.00. The van der Waals surface area contributed by atoms with Gasteiger partial charge in [0, 0.05) is 38.9 Å². The minimum atomic E-state index is -3.20. The fraction of sp³-hybridized carbons (Fsp3) is 0.579. The molecule has 1 amide bonds. The zero-order valence-electron chi connectivity index (χ0n) is 16.7. The molecule has 1 aromatic rings. The Morgan fingerprint density at radius 1 is 1.18 bits per heavy atom. The number of sulfone groups is 1. The van der Waals surface area contributed by atoms with Crippen LogP contribution in [0.2, 0.25) is 0 Å².